The van der Waals surface area contributed by atoms with Crippen LogP contribution in [0.5, 0.6) is 0 Å². The molecule has 1 aromatic rings. The van der Waals surface area contributed by atoms with Crippen LogP contribution >= 0.6 is 0 Å². The first-order valence-corrected chi connectivity index (χ1v) is 18.7. The zero-order valence-corrected chi connectivity index (χ0v) is 29.4. The minimum atomic E-state index is -4.21. The van der Waals surface area contributed by atoms with E-state index < -0.39 is 58.1 Å². The van der Waals surface area contributed by atoms with Crippen molar-refractivity contribution in [3.63, 3.8) is 0 Å². The number of hydrogen-bond acceptors (Lipinski definition) is 7. The fourth-order valence-corrected chi connectivity index (χ4v) is 7.33. The molecule has 1 aliphatic heterocycles. The lowest BCUT2D eigenvalue weighted by molar-refractivity contribution is -0.168. The van der Waals surface area contributed by atoms with Gasteiger partial charge in [-0.1, -0.05) is 88.8 Å². The van der Waals surface area contributed by atoms with E-state index in [9.17, 15) is 27.9 Å². The highest BCUT2D eigenvalue weighted by Gasteiger charge is 2.51. The van der Waals surface area contributed by atoms with Gasteiger partial charge < -0.3 is 25.8 Å². The van der Waals surface area contributed by atoms with Crippen molar-refractivity contribution in [2.45, 2.75) is 102 Å². The van der Waals surface area contributed by atoms with E-state index in [1.807, 2.05) is 6.92 Å². The van der Waals surface area contributed by atoms with E-state index in [0.717, 1.165) is 32.1 Å². The molecule has 5 N–H and O–H groups in total. The van der Waals surface area contributed by atoms with Gasteiger partial charge in [0.2, 0.25) is 11.8 Å². The third-order valence-electron chi connectivity index (χ3n) is 9.24. The van der Waals surface area contributed by atoms with Gasteiger partial charge in [-0.15, -0.1) is 6.58 Å². The average molecular weight is 714 g/mol. The fourth-order valence-electron chi connectivity index (χ4n) is 6.00. The van der Waals surface area contributed by atoms with Crippen LogP contribution in [-0.2, 0) is 35.8 Å². The number of carbonyl (C=O) groups is 3. The molecule has 3 amide bonds. The van der Waals surface area contributed by atoms with Gasteiger partial charge in [-0.25, -0.2) is 0 Å². The summed E-state index contributed by atoms with van der Waals surface area (Å²) in [6, 6.07) is 4.53. The molecule has 0 bridgehead atoms. The van der Waals surface area contributed by atoms with Crippen LogP contribution in [0.3, 0.4) is 0 Å². The molecule has 1 saturated heterocycles. The highest BCUT2D eigenvalue weighted by atomic mass is 32.2. The monoisotopic (exact) mass is 713 g/mol. The summed E-state index contributed by atoms with van der Waals surface area (Å²) in [4.78, 5) is 40.0. The predicted octanol–water partition coefficient (Wildman–Crippen LogP) is 2.44. The molecule has 276 valence electrons. The number of carbonyl (C=O) groups excluding carboxylic acids is 3. The van der Waals surface area contributed by atoms with Gasteiger partial charge in [0.05, 0.1) is 19.3 Å². The Kier molecular flexibility index (Phi) is 16.0. The second-order valence-corrected chi connectivity index (χ2v) is 14.8. The number of rotatable bonds is 19. The number of aliphatic hydroxyl groups is 1. The largest absolute Gasteiger partial charge is 0.384 e. The van der Waals surface area contributed by atoms with E-state index >= 15 is 8.78 Å². The summed E-state index contributed by atoms with van der Waals surface area (Å²) >= 11 is 0. The summed E-state index contributed by atoms with van der Waals surface area (Å²) in [5.41, 5.74) is 0.654. The number of hydrogen-bond donors (Lipinski definition) is 5. The Labute approximate surface area is 289 Å². The number of ether oxygens (including phenoxy) is 1. The lowest BCUT2D eigenvalue weighted by atomic mass is 9.82. The molecule has 1 aromatic carbocycles. The van der Waals surface area contributed by atoms with Gasteiger partial charge in [-0.05, 0) is 36.7 Å². The van der Waals surface area contributed by atoms with Crippen LogP contribution in [0.4, 0.5) is 8.78 Å². The standard InChI is InChI=1S/C34H53F2N5O7S/c1-4-12-27(38-32(44)29(22-26-15-10-7-11-16-26)40-49(46,47)41-17-19-48-20-18-41)31(43)39-28(21-25-13-8-6-9-14-25)30(42)34(35,36)33(45)37-23-24(3)5-2/h4,7,10-11,15-16,24-25,27-30,40,42H,1,5-6,8-9,12-14,17-23H2,2-3H3,(H,37,45)(H,38,44)(H,39,43)/t24-,27-,28-,29-,30?/m0/s1. The summed E-state index contributed by atoms with van der Waals surface area (Å²) in [6.07, 6.45) is 3.53. The Bertz CT molecular complexity index is 1330. The van der Waals surface area contributed by atoms with Gasteiger partial charge in [-0.2, -0.15) is 26.2 Å². The average Bonchev–Trinajstić information content (AvgIpc) is 3.10. The van der Waals surface area contributed by atoms with Crippen molar-refractivity contribution in [1.82, 2.24) is 25.0 Å². The van der Waals surface area contributed by atoms with Crippen molar-refractivity contribution < 1.29 is 41.4 Å². The molecule has 0 radical (unpaired) electrons. The number of halogens is 2. The van der Waals surface area contributed by atoms with E-state index in [4.69, 9.17) is 4.74 Å². The second kappa shape index (κ2) is 19.4. The summed E-state index contributed by atoms with van der Waals surface area (Å²) in [5, 5.41) is 18.3. The molecule has 12 nitrogen and oxygen atoms in total. The lowest BCUT2D eigenvalue weighted by Gasteiger charge is -2.34. The van der Waals surface area contributed by atoms with Gasteiger partial charge >= 0.3 is 5.92 Å². The number of morpholine rings is 1. The van der Waals surface area contributed by atoms with Crippen LogP contribution in [0.2, 0.25) is 0 Å². The Morgan fingerprint density at radius 2 is 1.69 bits per heavy atom. The predicted molar refractivity (Wildman–Crippen MR) is 182 cm³/mol. The van der Waals surface area contributed by atoms with Crippen LogP contribution in [0.15, 0.2) is 43.0 Å². The first-order valence-electron chi connectivity index (χ1n) is 17.2. The van der Waals surface area contributed by atoms with E-state index in [2.05, 4.69) is 27.3 Å². The molecule has 2 fully saturated rings. The van der Waals surface area contributed by atoms with Gasteiger partial charge in [-0.3, -0.25) is 14.4 Å². The number of nitrogens with one attached hydrogen (secondary N) is 4. The lowest BCUT2D eigenvalue weighted by Crippen LogP contribution is -2.61. The zero-order chi connectivity index (χ0) is 36.0. The van der Waals surface area contributed by atoms with Crippen LogP contribution in [0.25, 0.3) is 0 Å². The molecule has 3 rings (SSSR count). The molecule has 1 aliphatic carbocycles. The molecule has 0 spiro atoms. The summed E-state index contributed by atoms with van der Waals surface area (Å²) < 4.78 is 66.2. The van der Waals surface area contributed by atoms with Gasteiger partial charge in [0.15, 0.2) is 0 Å². The van der Waals surface area contributed by atoms with Crippen LogP contribution in [0.1, 0.15) is 70.8 Å². The maximum Gasteiger partial charge on any atom is 0.351 e. The summed E-state index contributed by atoms with van der Waals surface area (Å²) in [7, 11) is -4.13. The van der Waals surface area contributed by atoms with Crippen LogP contribution in [-0.4, -0.2) is 98.6 Å². The molecule has 15 heteroatoms. The second-order valence-electron chi connectivity index (χ2n) is 13.1. The third kappa shape index (κ3) is 12.4. The van der Waals surface area contributed by atoms with Crippen molar-refractivity contribution >= 4 is 27.9 Å². The molecular weight excluding hydrogens is 660 g/mol. The minimum Gasteiger partial charge on any atom is -0.384 e. The highest BCUT2D eigenvalue weighted by Crippen LogP contribution is 2.31. The third-order valence-corrected chi connectivity index (χ3v) is 10.9. The first-order chi connectivity index (χ1) is 23.3. The number of alkyl halides is 2. The topological polar surface area (TPSA) is 166 Å². The van der Waals surface area contributed by atoms with Gasteiger partial charge in [0, 0.05) is 19.6 Å². The number of aliphatic hydroxyl groups excluding tert-OH is 1. The van der Waals surface area contributed by atoms with Gasteiger partial charge in [0.25, 0.3) is 16.1 Å². The van der Waals surface area contributed by atoms with E-state index in [1.54, 1.807) is 37.3 Å². The highest BCUT2D eigenvalue weighted by molar-refractivity contribution is 7.87. The summed E-state index contributed by atoms with van der Waals surface area (Å²) in [6.45, 7) is 7.91. The zero-order valence-electron chi connectivity index (χ0n) is 28.5. The number of nitrogens with zero attached hydrogens (tertiary/aromatic N) is 1. The van der Waals surface area contributed by atoms with Gasteiger partial charge in [0.1, 0.15) is 18.2 Å². The molecule has 5 atom stereocenters. The Hall–Kier alpha value is -2.98. The van der Waals surface area contributed by atoms with Crippen LogP contribution < -0.4 is 20.7 Å². The number of benzene rings is 1. The maximum atomic E-state index is 15.4. The van der Waals surface area contributed by atoms with E-state index in [1.165, 1.54) is 10.4 Å². The molecule has 1 unspecified atom stereocenters. The molecular formula is C34H53F2N5O7S. The molecule has 49 heavy (non-hydrogen) atoms. The molecule has 0 aromatic heterocycles. The Morgan fingerprint density at radius 3 is 2.31 bits per heavy atom. The number of amides is 3. The van der Waals surface area contributed by atoms with Crippen LogP contribution in [0, 0.1) is 11.8 Å². The first kappa shape index (κ1) is 40.4. The van der Waals surface area contributed by atoms with E-state index in [-0.39, 0.29) is 63.9 Å². The van der Waals surface area contributed by atoms with Crippen molar-refractivity contribution in [3.05, 3.63) is 48.6 Å². The smallest absolute Gasteiger partial charge is 0.351 e. The maximum absolute atomic E-state index is 15.4. The van der Waals surface area contributed by atoms with E-state index in [0.29, 0.717) is 12.0 Å². The Balaban J connectivity index is 1.82. The SMILES string of the molecule is C=CC[C@H](NC(=O)[C@H](Cc1ccccc1)NS(=O)(=O)N1CCOCC1)C(=O)N[C@@H](CC1CCCCC1)C(O)C(F)(F)C(=O)NC[C@@H](C)CC. The van der Waals surface area contributed by atoms with Crippen molar-refractivity contribution in [3.8, 4) is 0 Å². The fraction of sp³-hybridized carbons (Fsp3) is 0.676. The minimum absolute atomic E-state index is 0.00414. The Morgan fingerprint density at radius 1 is 1.06 bits per heavy atom. The molecule has 1 heterocycles. The van der Waals surface area contributed by atoms with Crippen molar-refractivity contribution in [2.75, 3.05) is 32.8 Å². The quantitative estimate of drug-likeness (QED) is 0.137. The normalized spacial score (nSPS) is 19.5. The molecule has 1 saturated carbocycles. The molecule has 2 aliphatic rings. The van der Waals surface area contributed by atoms with Crippen molar-refractivity contribution in [1.29, 1.82) is 0 Å². The summed E-state index contributed by atoms with van der Waals surface area (Å²) in [5.74, 6) is -7.65. The van der Waals surface area contributed by atoms with Crippen molar-refractivity contribution in [2.24, 2.45) is 11.8 Å².